The summed E-state index contributed by atoms with van der Waals surface area (Å²) in [7, 11) is 0. The lowest BCUT2D eigenvalue weighted by molar-refractivity contribution is -0.128. The normalized spacial score (nSPS) is 13.8. The lowest BCUT2D eigenvalue weighted by atomic mass is 10.1. The van der Waals surface area contributed by atoms with Crippen LogP contribution in [0, 0.1) is 0 Å². The molecule has 0 aliphatic carbocycles. The van der Waals surface area contributed by atoms with Crippen LogP contribution in [-0.2, 0) is 16.1 Å². The van der Waals surface area contributed by atoms with Gasteiger partial charge in [-0.2, -0.15) is 5.10 Å². The van der Waals surface area contributed by atoms with E-state index in [9.17, 15) is 14.4 Å². The van der Waals surface area contributed by atoms with Crippen LogP contribution in [0.3, 0.4) is 0 Å². The maximum Gasteiger partial charge on any atom is 0.359 e. The molecule has 29 heavy (non-hydrogen) atoms. The Bertz CT molecular complexity index is 1110. The van der Waals surface area contributed by atoms with E-state index in [2.05, 4.69) is 5.10 Å². The fourth-order valence-corrected chi connectivity index (χ4v) is 3.51. The van der Waals surface area contributed by atoms with Crippen molar-refractivity contribution in [3.63, 3.8) is 0 Å². The zero-order chi connectivity index (χ0) is 20.2. The van der Waals surface area contributed by atoms with E-state index in [-0.39, 0.29) is 30.3 Å². The van der Waals surface area contributed by atoms with E-state index in [0.717, 1.165) is 12.0 Å². The summed E-state index contributed by atoms with van der Waals surface area (Å²) in [6.07, 6.45) is 1.38. The molecule has 3 aromatic rings. The van der Waals surface area contributed by atoms with Crippen molar-refractivity contribution in [2.45, 2.75) is 19.4 Å². The van der Waals surface area contributed by atoms with Crippen LogP contribution in [-0.4, -0.2) is 46.3 Å². The van der Waals surface area contributed by atoms with Gasteiger partial charge in [0, 0.05) is 18.4 Å². The topological polar surface area (TPSA) is 81.5 Å². The number of rotatable bonds is 6. The zero-order valence-corrected chi connectivity index (χ0v) is 15.9. The first-order valence-corrected chi connectivity index (χ1v) is 9.62. The van der Waals surface area contributed by atoms with E-state index in [4.69, 9.17) is 4.74 Å². The van der Waals surface area contributed by atoms with Crippen LogP contribution >= 0.6 is 0 Å². The highest BCUT2D eigenvalue weighted by Crippen LogP contribution is 2.15. The Labute approximate surface area is 167 Å². The van der Waals surface area contributed by atoms with Gasteiger partial charge in [0.05, 0.1) is 18.5 Å². The Balaban J connectivity index is 1.60. The highest BCUT2D eigenvalue weighted by Gasteiger charge is 2.21. The van der Waals surface area contributed by atoms with Crippen molar-refractivity contribution in [3.05, 3.63) is 76.2 Å². The highest BCUT2D eigenvalue weighted by molar-refractivity contribution is 6.02. The molecule has 0 unspecified atom stereocenters. The second kappa shape index (κ2) is 8.26. The van der Waals surface area contributed by atoms with Crippen molar-refractivity contribution >= 4 is 22.6 Å². The van der Waals surface area contributed by atoms with Crippen molar-refractivity contribution in [2.24, 2.45) is 0 Å². The van der Waals surface area contributed by atoms with E-state index in [1.165, 1.54) is 4.68 Å². The van der Waals surface area contributed by atoms with Gasteiger partial charge >= 0.3 is 5.97 Å². The van der Waals surface area contributed by atoms with Gasteiger partial charge in [0.15, 0.2) is 5.69 Å². The number of ether oxygens (including phenoxy) is 1. The Morgan fingerprint density at radius 1 is 1.00 bits per heavy atom. The minimum Gasteiger partial charge on any atom is -0.459 e. The van der Waals surface area contributed by atoms with Gasteiger partial charge < -0.3 is 9.64 Å². The van der Waals surface area contributed by atoms with Crippen molar-refractivity contribution in [3.8, 4) is 0 Å². The van der Waals surface area contributed by atoms with E-state index < -0.39 is 5.97 Å². The molecule has 0 saturated carbocycles. The Morgan fingerprint density at radius 3 is 2.45 bits per heavy atom. The van der Waals surface area contributed by atoms with E-state index in [1.54, 1.807) is 29.2 Å². The molecule has 1 aliphatic rings. The Hall–Kier alpha value is -3.48. The minimum absolute atomic E-state index is 0.0843. The lowest BCUT2D eigenvalue weighted by Gasteiger charge is -2.15. The van der Waals surface area contributed by atoms with Gasteiger partial charge in [0.25, 0.3) is 5.56 Å². The van der Waals surface area contributed by atoms with Crippen LogP contribution in [0.4, 0.5) is 0 Å². The molecule has 1 aliphatic heterocycles. The summed E-state index contributed by atoms with van der Waals surface area (Å²) in [4.78, 5) is 38.9. The Morgan fingerprint density at radius 2 is 1.72 bits per heavy atom. The summed E-state index contributed by atoms with van der Waals surface area (Å²) in [6, 6.07) is 16.3. The molecule has 1 fully saturated rings. The van der Waals surface area contributed by atoms with Gasteiger partial charge in [-0.05, 0) is 18.1 Å². The van der Waals surface area contributed by atoms with Gasteiger partial charge in [0.2, 0.25) is 5.91 Å². The van der Waals surface area contributed by atoms with Gasteiger partial charge in [-0.3, -0.25) is 9.59 Å². The van der Waals surface area contributed by atoms with Crippen LogP contribution in [0.2, 0.25) is 0 Å². The number of likely N-dealkylation sites (tertiary alicyclic amines) is 1. The molecule has 2 aromatic carbocycles. The number of hydrogen-bond donors (Lipinski definition) is 0. The average molecular weight is 391 g/mol. The SMILES string of the molecule is O=C(OCCN1CCCC1=O)c1nn(Cc2ccccc2)c(=O)c2ccccc12. The summed E-state index contributed by atoms with van der Waals surface area (Å²) >= 11 is 0. The molecule has 7 heteroatoms. The van der Waals surface area contributed by atoms with E-state index >= 15 is 0 Å². The van der Waals surface area contributed by atoms with Crippen molar-refractivity contribution < 1.29 is 14.3 Å². The fourth-order valence-electron chi connectivity index (χ4n) is 3.51. The first-order chi connectivity index (χ1) is 14.1. The molecule has 0 radical (unpaired) electrons. The predicted octanol–water partition coefficient (Wildman–Crippen LogP) is 2.22. The number of nitrogens with zero attached hydrogens (tertiary/aromatic N) is 3. The number of fused-ring (bicyclic) bond motifs is 1. The molecule has 1 saturated heterocycles. The first-order valence-electron chi connectivity index (χ1n) is 9.62. The highest BCUT2D eigenvalue weighted by atomic mass is 16.5. The second-order valence-electron chi connectivity index (χ2n) is 6.96. The van der Waals surface area contributed by atoms with Gasteiger partial charge in [-0.25, -0.2) is 9.48 Å². The number of benzene rings is 2. The molecular formula is C22H21N3O4. The third-order valence-corrected chi connectivity index (χ3v) is 5.00. The van der Waals surface area contributed by atoms with E-state index in [0.29, 0.717) is 30.3 Å². The number of carbonyl (C=O) groups is 2. The molecule has 0 bridgehead atoms. The number of aromatic nitrogens is 2. The average Bonchev–Trinajstić information content (AvgIpc) is 3.15. The first kappa shape index (κ1) is 18.9. The largest absolute Gasteiger partial charge is 0.459 e. The van der Waals surface area contributed by atoms with E-state index in [1.807, 2.05) is 30.3 Å². The summed E-state index contributed by atoms with van der Waals surface area (Å²) in [5.74, 6) is -0.518. The molecule has 1 aromatic heterocycles. The van der Waals surface area contributed by atoms with Crippen LogP contribution in [0.5, 0.6) is 0 Å². The predicted molar refractivity (Wildman–Crippen MR) is 108 cm³/mol. The van der Waals surface area contributed by atoms with Gasteiger partial charge in [-0.15, -0.1) is 0 Å². The summed E-state index contributed by atoms with van der Waals surface area (Å²) < 4.78 is 6.67. The van der Waals surface area contributed by atoms with Crippen LogP contribution in [0.25, 0.3) is 10.8 Å². The number of carbonyl (C=O) groups excluding carboxylic acids is 2. The van der Waals surface area contributed by atoms with Crippen molar-refractivity contribution in [1.29, 1.82) is 0 Å². The molecule has 2 heterocycles. The van der Waals surface area contributed by atoms with Crippen LogP contribution in [0.1, 0.15) is 28.9 Å². The summed E-state index contributed by atoms with van der Waals surface area (Å²) in [6.45, 7) is 1.41. The quantitative estimate of drug-likeness (QED) is 0.602. The Kier molecular flexibility index (Phi) is 5.37. The van der Waals surface area contributed by atoms with Crippen LogP contribution < -0.4 is 5.56 Å². The molecule has 148 valence electrons. The standard InChI is InChI=1S/C22H21N3O4/c26-19-11-6-12-24(19)13-14-29-22(28)20-17-9-4-5-10-18(17)21(27)25(23-20)15-16-7-2-1-3-8-16/h1-5,7-10H,6,11-15H2. The smallest absolute Gasteiger partial charge is 0.359 e. The third-order valence-electron chi connectivity index (χ3n) is 5.00. The number of amides is 1. The molecule has 0 N–H and O–H groups in total. The second-order valence-corrected chi connectivity index (χ2v) is 6.96. The maximum atomic E-state index is 12.8. The number of esters is 1. The number of hydrogen-bond acceptors (Lipinski definition) is 5. The van der Waals surface area contributed by atoms with Crippen molar-refractivity contribution in [1.82, 2.24) is 14.7 Å². The minimum atomic E-state index is -0.602. The summed E-state index contributed by atoms with van der Waals surface area (Å²) in [5, 5.41) is 5.19. The fraction of sp³-hybridized carbons (Fsp3) is 0.273. The maximum absolute atomic E-state index is 12.8. The zero-order valence-electron chi connectivity index (χ0n) is 15.9. The molecule has 7 nitrogen and oxygen atoms in total. The molecule has 1 amide bonds. The summed E-state index contributed by atoms with van der Waals surface area (Å²) in [5.41, 5.74) is 0.747. The molecular weight excluding hydrogens is 370 g/mol. The van der Waals surface area contributed by atoms with Crippen LogP contribution in [0.15, 0.2) is 59.4 Å². The monoisotopic (exact) mass is 391 g/mol. The van der Waals surface area contributed by atoms with Gasteiger partial charge in [-0.1, -0.05) is 48.5 Å². The molecule has 0 atom stereocenters. The molecule has 0 spiro atoms. The lowest BCUT2D eigenvalue weighted by Crippen LogP contribution is -2.30. The van der Waals surface area contributed by atoms with Crippen molar-refractivity contribution in [2.75, 3.05) is 19.7 Å². The third kappa shape index (κ3) is 4.03. The molecule has 4 rings (SSSR count). The van der Waals surface area contributed by atoms with Gasteiger partial charge in [0.1, 0.15) is 6.61 Å².